The summed E-state index contributed by atoms with van der Waals surface area (Å²) in [5, 5.41) is 0. The first-order valence-electron chi connectivity index (χ1n) is 3.00. The third-order valence-corrected chi connectivity index (χ3v) is 1.14. The Hall–Kier alpha value is -0.410. The Morgan fingerprint density at radius 2 is 2.33 bits per heavy atom. The van der Waals surface area contributed by atoms with Gasteiger partial charge in [-0.05, 0) is 6.92 Å². The van der Waals surface area contributed by atoms with Crippen LogP contribution in [0.1, 0.15) is 6.92 Å². The van der Waals surface area contributed by atoms with Crippen molar-refractivity contribution in [3.05, 3.63) is 0 Å². The molecule has 52 valence electrons. The van der Waals surface area contributed by atoms with E-state index >= 15 is 0 Å². The molecule has 3 heteroatoms. The molecular formula is C6H10O3. The number of hydrogen-bond donors (Lipinski definition) is 0. The van der Waals surface area contributed by atoms with Crippen molar-refractivity contribution in [3.8, 4) is 0 Å². The molecule has 1 saturated heterocycles. The minimum atomic E-state index is 0.0272. The van der Waals surface area contributed by atoms with Gasteiger partial charge in [-0.3, -0.25) is 4.79 Å². The van der Waals surface area contributed by atoms with E-state index in [2.05, 4.69) is 0 Å². The number of hydrogen-bond acceptors (Lipinski definition) is 3. The summed E-state index contributed by atoms with van der Waals surface area (Å²) in [6.45, 7) is 2.84. The lowest BCUT2D eigenvalue weighted by molar-refractivity contribution is -0.124. The van der Waals surface area contributed by atoms with E-state index in [1.165, 1.54) is 0 Å². The predicted molar refractivity (Wildman–Crippen MR) is 31.2 cm³/mol. The van der Waals surface area contributed by atoms with Crippen molar-refractivity contribution in [1.29, 1.82) is 0 Å². The third-order valence-electron chi connectivity index (χ3n) is 1.14. The van der Waals surface area contributed by atoms with Gasteiger partial charge in [0, 0.05) is 0 Å². The lowest BCUT2D eigenvalue weighted by Crippen LogP contribution is -2.13. The van der Waals surface area contributed by atoms with Crippen molar-refractivity contribution < 1.29 is 14.3 Å². The fraction of sp³-hybridized carbons (Fsp3) is 0.833. The second kappa shape index (κ2) is 2.94. The summed E-state index contributed by atoms with van der Waals surface area (Å²) in [7, 11) is 0. The molecule has 0 spiro atoms. The molecule has 0 unspecified atom stereocenters. The van der Waals surface area contributed by atoms with Crippen molar-refractivity contribution in [2.45, 2.75) is 13.0 Å². The summed E-state index contributed by atoms with van der Waals surface area (Å²) < 4.78 is 9.98. The summed E-state index contributed by atoms with van der Waals surface area (Å²) in [5.41, 5.74) is 0. The first kappa shape index (κ1) is 6.71. The first-order valence-corrected chi connectivity index (χ1v) is 3.00. The van der Waals surface area contributed by atoms with Crippen LogP contribution in [-0.4, -0.2) is 31.7 Å². The topological polar surface area (TPSA) is 35.5 Å². The maximum absolute atomic E-state index is 10.6. The predicted octanol–water partition coefficient (Wildman–Crippen LogP) is -0.00920. The molecule has 0 bridgehead atoms. The molecule has 1 fully saturated rings. The summed E-state index contributed by atoms with van der Waals surface area (Å²) in [6.07, 6.45) is 0.0662. The van der Waals surface area contributed by atoms with E-state index < -0.39 is 0 Å². The average molecular weight is 130 g/mol. The van der Waals surface area contributed by atoms with Crippen molar-refractivity contribution in [1.82, 2.24) is 0 Å². The van der Waals surface area contributed by atoms with Crippen LogP contribution >= 0.6 is 0 Å². The van der Waals surface area contributed by atoms with E-state index in [0.717, 1.165) is 0 Å². The van der Waals surface area contributed by atoms with E-state index in [1.807, 2.05) is 6.92 Å². The Labute approximate surface area is 53.9 Å². The Morgan fingerprint density at radius 3 is 3.11 bits per heavy atom. The minimum absolute atomic E-state index is 0.0272. The zero-order valence-electron chi connectivity index (χ0n) is 5.42. The van der Waals surface area contributed by atoms with E-state index in [1.54, 1.807) is 0 Å². The van der Waals surface area contributed by atoms with Crippen LogP contribution in [0.2, 0.25) is 0 Å². The number of ether oxygens (including phenoxy) is 2. The number of carbonyl (C=O) groups is 1. The van der Waals surface area contributed by atoms with Gasteiger partial charge in [-0.2, -0.15) is 0 Å². The maximum atomic E-state index is 10.6. The van der Waals surface area contributed by atoms with Gasteiger partial charge in [0.25, 0.3) is 0 Å². The molecule has 0 aliphatic carbocycles. The van der Waals surface area contributed by atoms with Gasteiger partial charge in [0.1, 0.15) is 13.2 Å². The summed E-state index contributed by atoms with van der Waals surface area (Å²) >= 11 is 0. The quantitative estimate of drug-likeness (QED) is 0.462. The van der Waals surface area contributed by atoms with Crippen LogP contribution in [0.15, 0.2) is 0 Å². The molecule has 1 aliphatic heterocycles. The smallest absolute Gasteiger partial charge is 0.184 e. The standard InChI is InChI=1S/C6H10O3/c1-5-2-8-3-6(7)4-9-5/h5H,2-4H2,1H3/t5-/m1/s1. The molecule has 0 N–H and O–H groups in total. The fourth-order valence-corrected chi connectivity index (χ4v) is 0.664. The van der Waals surface area contributed by atoms with E-state index in [0.29, 0.717) is 6.61 Å². The third kappa shape index (κ3) is 2.11. The van der Waals surface area contributed by atoms with Crippen LogP contribution < -0.4 is 0 Å². The highest BCUT2D eigenvalue weighted by Crippen LogP contribution is 1.96. The number of carbonyl (C=O) groups excluding carboxylic acids is 1. The zero-order chi connectivity index (χ0) is 6.69. The van der Waals surface area contributed by atoms with Gasteiger partial charge in [-0.1, -0.05) is 0 Å². The lowest BCUT2D eigenvalue weighted by atomic mass is 10.4. The highest BCUT2D eigenvalue weighted by molar-refractivity contribution is 5.81. The van der Waals surface area contributed by atoms with Crippen LogP contribution in [0.5, 0.6) is 0 Å². The molecule has 1 atom stereocenters. The van der Waals surface area contributed by atoms with Crippen molar-refractivity contribution >= 4 is 5.78 Å². The molecule has 9 heavy (non-hydrogen) atoms. The molecule has 1 rings (SSSR count). The lowest BCUT2D eigenvalue weighted by Gasteiger charge is -2.04. The molecule has 0 saturated carbocycles. The van der Waals surface area contributed by atoms with Crippen molar-refractivity contribution in [2.24, 2.45) is 0 Å². The van der Waals surface area contributed by atoms with Gasteiger partial charge in [-0.25, -0.2) is 0 Å². The van der Waals surface area contributed by atoms with E-state index in [4.69, 9.17) is 9.47 Å². The Morgan fingerprint density at radius 1 is 1.56 bits per heavy atom. The van der Waals surface area contributed by atoms with Gasteiger partial charge >= 0.3 is 0 Å². The normalized spacial score (nSPS) is 29.9. The largest absolute Gasteiger partial charge is 0.371 e. The monoisotopic (exact) mass is 130 g/mol. The molecule has 0 aromatic heterocycles. The van der Waals surface area contributed by atoms with Gasteiger partial charge in [-0.15, -0.1) is 0 Å². The van der Waals surface area contributed by atoms with Gasteiger partial charge in [0.15, 0.2) is 5.78 Å². The molecule has 0 amide bonds. The molecule has 1 aliphatic rings. The summed E-state index contributed by atoms with van der Waals surface area (Å²) in [4.78, 5) is 10.6. The molecule has 1 heterocycles. The molecule has 3 nitrogen and oxygen atoms in total. The second-order valence-corrected chi connectivity index (χ2v) is 2.18. The van der Waals surface area contributed by atoms with Crippen molar-refractivity contribution in [2.75, 3.05) is 19.8 Å². The Bertz CT molecular complexity index is 111. The van der Waals surface area contributed by atoms with Crippen LogP contribution in [0.3, 0.4) is 0 Å². The maximum Gasteiger partial charge on any atom is 0.184 e. The Kier molecular flexibility index (Phi) is 2.19. The molecule has 0 aromatic rings. The molecule has 0 aromatic carbocycles. The number of Topliss-reactive ketones (excluding diaryl/α,β-unsaturated/α-hetero) is 1. The Balaban J connectivity index is 2.34. The van der Waals surface area contributed by atoms with Crippen LogP contribution in [0, 0.1) is 0 Å². The van der Waals surface area contributed by atoms with Crippen LogP contribution in [0.4, 0.5) is 0 Å². The summed E-state index contributed by atoms with van der Waals surface area (Å²) in [6, 6.07) is 0. The SMILES string of the molecule is C[C@@H]1COCC(=O)CO1. The van der Waals surface area contributed by atoms with Gasteiger partial charge in [0.2, 0.25) is 0 Å². The van der Waals surface area contributed by atoms with E-state index in [-0.39, 0.29) is 25.1 Å². The molecular weight excluding hydrogens is 120 g/mol. The highest BCUT2D eigenvalue weighted by atomic mass is 16.5. The van der Waals surface area contributed by atoms with Gasteiger partial charge in [0.05, 0.1) is 12.7 Å². The van der Waals surface area contributed by atoms with Crippen LogP contribution in [0.25, 0.3) is 0 Å². The number of ketones is 1. The highest BCUT2D eigenvalue weighted by Gasteiger charge is 2.12. The fourth-order valence-electron chi connectivity index (χ4n) is 0.664. The van der Waals surface area contributed by atoms with Gasteiger partial charge < -0.3 is 9.47 Å². The summed E-state index contributed by atoms with van der Waals surface area (Å²) in [5.74, 6) is 0.0272. The van der Waals surface area contributed by atoms with E-state index in [9.17, 15) is 4.79 Å². The zero-order valence-corrected chi connectivity index (χ0v) is 5.42. The van der Waals surface area contributed by atoms with Crippen molar-refractivity contribution in [3.63, 3.8) is 0 Å². The first-order chi connectivity index (χ1) is 4.29. The second-order valence-electron chi connectivity index (χ2n) is 2.18. The molecule has 0 radical (unpaired) electrons. The van der Waals surface area contributed by atoms with Crippen LogP contribution in [-0.2, 0) is 14.3 Å². The number of rotatable bonds is 0. The average Bonchev–Trinajstić information content (AvgIpc) is 1.97. The minimum Gasteiger partial charge on any atom is -0.371 e.